The van der Waals surface area contributed by atoms with Crippen LogP contribution in [0.15, 0.2) is 24.3 Å². The molecule has 0 amide bonds. The van der Waals surface area contributed by atoms with E-state index in [1.807, 2.05) is 24.3 Å². The molecule has 0 spiro atoms. The van der Waals surface area contributed by atoms with E-state index in [0.29, 0.717) is 24.9 Å². The minimum atomic E-state index is -0.521. The van der Waals surface area contributed by atoms with E-state index in [2.05, 4.69) is 18.7 Å². The summed E-state index contributed by atoms with van der Waals surface area (Å²) >= 11 is 0. The summed E-state index contributed by atoms with van der Waals surface area (Å²) in [6.07, 6.45) is -0.521. The summed E-state index contributed by atoms with van der Waals surface area (Å²) < 4.78 is 5.09. The van der Waals surface area contributed by atoms with Gasteiger partial charge in [0.1, 0.15) is 0 Å². The van der Waals surface area contributed by atoms with Crippen LogP contribution in [0.5, 0.6) is 0 Å². The van der Waals surface area contributed by atoms with Crippen LogP contribution in [0.25, 0.3) is 0 Å². The predicted octanol–water partition coefficient (Wildman–Crippen LogP) is 1.66. The molecule has 0 fully saturated rings. The molecule has 102 valence electrons. The number of anilines is 1. The zero-order valence-corrected chi connectivity index (χ0v) is 11.5. The molecule has 1 atom stereocenters. The largest absolute Gasteiger partial charge is 0.399 e. The van der Waals surface area contributed by atoms with Crippen molar-refractivity contribution in [2.24, 2.45) is 0 Å². The molecule has 18 heavy (non-hydrogen) atoms. The van der Waals surface area contributed by atoms with Gasteiger partial charge in [-0.05, 0) is 31.5 Å². The lowest BCUT2D eigenvalue weighted by Crippen LogP contribution is -2.37. The van der Waals surface area contributed by atoms with Gasteiger partial charge in [0.05, 0.1) is 12.7 Å². The van der Waals surface area contributed by atoms with Crippen molar-refractivity contribution in [3.8, 4) is 0 Å². The molecule has 0 radical (unpaired) electrons. The van der Waals surface area contributed by atoms with E-state index < -0.39 is 6.10 Å². The number of hydrogen-bond acceptors (Lipinski definition) is 4. The van der Waals surface area contributed by atoms with Crippen molar-refractivity contribution in [2.75, 3.05) is 32.5 Å². The SMILES string of the molecule is COCCN(CC(O)c1cccc(N)c1)C(C)C. The molecule has 0 saturated heterocycles. The van der Waals surface area contributed by atoms with Crippen molar-refractivity contribution in [3.63, 3.8) is 0 Å². The monoisotopic (exact) mass is 252 g/mol. The number of nitrogens with two attached hydrogens (primary N) is 1. The zero-order valence-electron chi connectivity index (χ0n) is 11.5. The molecule has 1 rings (SSSR count). The normalized spacial score (nSPS) is 13.2. The number of hydrogen-bond donors (Lipinski definition) is 2. The van der Waals surface area contributed by atoms with Crippen molar-refractivity contribution in [2.45, 2.75) is 26.0 Å². The van der Waals surface area contributed by atoms with Crippen molar-refractivity contribution < 1.29 is 9.84 Å². The number of nitrogens with zero attached hydrogens (tertiary/aromatic N) is 1. The third-order valence-electron chi connectivity index (χ3n) is 3.02. The molecule has 0 aliphatic carbocycles. The fourth-order valence-corrected chi connectivity index (χ4v) is 1.86. The Hall–Kier alpha value is -1.10. The molecule has 1 aromatic rings. The number of benzene rings is 1. The summed E-state index contributed by atoms with van der Waals surface area (Å²) in [5, 5.41) is 10.2. The highest BCUT2D eigenvalue weighted by atomic mass is 16.5. The first-order chi connectivity index (χ1) is 8.54. The Morgan fingerprint density at radius 3 is 2.67 bits per heavy atom. The smallest absolute Gasteiger partial charge is 0.0917 e. The summed E-state index contributed by atoms with van der Waals surface area (Å²) in [7, 11) is 1.69. The molecule has 0 heterocycles. The van der Waals surface area contributed by atoms with Crippen LogP contribution in [-0.2, 0) is 4.74 Å². The maximum Gasteiger partial charge on any atom is 0.0917 e. The molecule has 1 unspecified atom stereocenters. The van der Waals surface area contributed by atoms with Gasteiger partial charge in [-0.1, -0.05) is 12.1 Å². The van der Waals surface area contributed by atoms with Gasteiger partial charge in [-0.2, -0.15) is 0 Å². The quantitative estimate of drug-likeness (QED) is 0.725. The average Bonchev–Trinajstić information content (AvgIpc) is 2.33. The van der Waals surface area contributed by atoms with Gasteiger partial charge >= 0.3 is 0 Å². The number of aliphatic hydroxyl groups is 1. The molecule has 0 aliphatic heterocycles. The number of rotatable bonds is 7. The second-order valence-electron chi connectivity index (χ2n) is 4.77. The van der Waals surface area contributed by atoms with Crippen LogP contribution in [0, 0.1) is 0 Å². The molecule has 3 N–H and O–H groups in total. The van der Waals surface area contributed by atoms with Crippen molar-refractivity contribution in [3.05, 3.63) is 29.8 Å². The molecule has 4 heteroatoms. The summed E-state index contributed by atoms with van der Waals surface area (Å²) in [5.41, 5.74) is 7.26. The van der Waals surface area contributed by atoms with Crippen LogP contribution < -0.4 is 5.73 Å². The van der Waals surface area contributed by atoms with Gasteiger partial charge in [0.25, 0.3) is 0 Å². The summed E-state index contributed by atoms with van der Waals surface area (Å²) in [6, 6.07) is 7.77. The second kappa shape index (κ2) is 7.36. The maximum absolute atomic E-state index is 10.2. The van der Waals surface area contributed by atoms with E-state index in [0.717, 1.165) is 12.1 Å². The highest BCUT2D eigenvalue weighted by Crippen LogP contribution is 2.17. The first-order valence-electron chi connectivity index (χ1n) is 6.31. The highest BCUT2D eigenvalue weighted by molar-refractivity contribution is 5.41. The number of ether oxygens (including phenoxy) is 1. The molecule has 4 nitrogen and oxygen atoms in total. The van der Waals surface area contributed by atoms with Crippen LogP contribution in [0.3, 0.4) is 0 Å². The van der Waals surface area contributed by atoms with E-state index >= 15 is 0 Å². The maximum atomic E-state index is 10.2. The van der Waals surface area contributed by atoms with Gasteiger partial charge < -0.3 is 15.6 Å². The first-order valence-corrected chi connectivity index (χ1v) is 6.31. The van der Waals surface area contributed by atoms with Crippen LogP contribution >= 0.6 is 0 Å². The van der Waals surface area contributed by atoms with Crippen molar-refractivity contribution in [1.82, 2.24) is 4.90 Å². The Balaban J connectivity index is 2.63. The highest BCUT2D eigenvalue weighted by Gasteiger charge is 2.16. The molecule has 0 bridgehead atoms. The fourth-order valence-electron chi connectivity index (χ4n) is 1.86. The standard InChI is InChI=1S/C14H24N2O2/c1-11(2)16(7-8-18-3)10-14(17)12-5-4-6-13(15)9-12/h4-6,9,11,14,17H,7-8,10,15H2,1-3H3. The topological polar surface area (TPSA) is 58.7 Å². The third-order valence-corrected chi connectivity index (χ3v) is 3.02. The van der Waals surface area contributed by atoms with Gasteiger partial charge in [-0.25, -0.2) is 0 Å². The van der Waals surface area contributed by atoms with Crippen molar-refractivity contribution >= 4 is 5.69 Å². The van der Waals surface area contributed by atoms with E-state index in [9.17, 15) is 5.11 Å². The summed E-state index contributed by atoms with van der Waals surface area (Å²) in [4.78, 5) is 2.19. The zero-order chi connectivity index (χ0) is 13.5. The van der Waals surface area contributed by atoms with E-state index in [-0.39, 0.29) is 0 Å². The van der Waals surface area contributed by atoms with Crippen LogP contribution in [0.4, 0.5) is 5.69 Å². The van der Waals surface area contributed by atoms with E-state index in [4.69, 9.17) is 10.5 Å². The molecule has 0 aromatic heterocycles. The molecule has 0 aliphatic rings. The Morgan fingerprint density at radius 2 is 2.11 bits per heavy atom. The van der Waals surface area contributed by atoms with Crippen molar-refractivity contribution in [1.29, 1.82) is 0 Å². The lowest BCUT2D eigenvalue weighted by atomic mass is 10.1. The number of methoxy groups -OCH3 is 1. The van der Waals surface area contributed by atoms with Gasteiger partial charge in [0.15, 0.2) is 0 Å². The Bertz CT molecular complexity index is 355. The molecule has 1 aromatic carbocycles. The molecular formula is C14H24N2O2. The van der Waals surface area contributed by atoms with E-state index in [1.54, 1.807) is 7.11 Å². The summed E-state index contributed by atoms with van der Waals surface area (Å²) in [6.45, 7) is 6.29. The Labute approximate surface area is 109 Å². The predicted molar refractivity (Wildman–Crippen MR) is 74.4 cm³/mol. The minimum Gasteiger partial charge on any atom is -0.399 e. The lowest BCUT2D eigenvalue weighted by Gasteiger charge is -2.28. The second-order valence-corrected chi connectivity index (χ2v) is 4.77. The average molecular weight is 252 g/mol. The van der Waals surface area contributed by atoms with Gasteiger partial charge in [-0.3, -0.25) is 4.90 Å². The molecule has 0 saturated carbocycles. The number of aliphatic hydroxyl groups excluding tert-OH is 1. The third kappa shape index (κ3) is 4.64. The van der Waals surface area contributed by atoms with Crippen LogP contribution in [-0.4, -0.2) is 42.9 Å². The van der Waals surface area contributed by atoms with Gasteiger partial charge in [0, 0.05) is 31.9 Å². The Kier molecular flexibility index (Phi) is 6.12. The Morgan fingerprint density at radius 1 is 1.39 bits per heavy atom. The van der Waals surface area contributed by atoms with Gasteiger partial charge in [-0.15, -0.1) is 0 Å². The molecular weight excluding hydrogens is 228 g/mol. The van der Waals surface area contributed by atoms with Crippen LogP contribution in [0.2, 0.25) is 0 Å². The van der Waals surface area contributed by atoms with Crippen LogP contribution in [0.1, 0.15) is 25.5 Å². The minimum absolute atomic E-state index is 0.371. The lowest BCUT2D eigenvalue weighted by molar-refractivity contribution is 0.0721. The summed E-state index contributed by atoms with van der Waals surface area (Å²) in [5.74, 6) is 0. The van der Waals surface area contributed by atoms with Gasteiger partial charge in [0.2, 0.25) is 0 Å². The van der Waals surface area contributed by atoms with E-state index in [1.165, 1.54) is 0 Å². The fraction of sp³-hybridized carbons (Fsp3) is 0.571. The first kappa shape index (κ1) is 15.0. The number of nitrogen functional groups attached to an aromatic ring is 1.